The zero-order chi connectivity index (χ0) is 14.4. The lowest BCUT2D eigenvalue weighted by Crippen LogP contribution is -2.31. The molecule has 104 valence electrons. The Balaban J connectivity index is 2.49. The average Bonchev–Trinajstić information content (AvgIpc) is 2.32. The zero-order valence-electron chi connectivity index (χ0n) is 10.8. The molecule has 0 saturated heterocycles. The molecule has 1 unspecified atom stereocenters. The molecule has 0 spiro atoms. The van der Waals surface area contributed by atoms with E-state index in [0.29, 0.717) is 5.56 Å². The van der Waals surface area contributed by atoms with Crippen molar-refractivity contribution in [3.63, 3.8) is 0 Å². The third kappa shape index (κ3) is 5.03. The van der Waals surface area contributed by atoms with Gasteiger partial charge in [0.2, 0.25) is 11.8 Å². The van der Waals surface area contributed by atoms with E-state index in [9.17, 15) is 18.4 Å². The molecule has 0 aliphatic rings. The highest BCUT2D eigenvalue weighted by Crippen LogP contribution is 2.15. The van der Waals surface area contributed by atoms with Gasteiger partial charge < -0.3 is 10.6 Å². The van der Waals surface area contributed by atoms with Gasteiger partial charge in [-0.05, 0) is 24.6 Å². The SMILES string of the molecule is CC(=O)NCCC(=O)NC(C)c1ccc(F)c(F)c1. The molecular weight excluding hydrogens is 254 g/mol. The predicted octanol–water partition coefficient (Wildman–Crippen LogP) is 1.67. The highest BCUT2D eigenvalue weighted by Gasteiger charge is 2.11. The number of rotatable bonds is 5. The molecule has 0 bridgehead atoms. The Morgan fingerprint density at radius 3 is 2.53 bits per heavy atom. The van der Waals surface area contributed by atoms with Crippen LogP contribution in [0.4, 0.5) is 8.78 Å². The highest BCUT2D eigenvalue weighted by atomic mass is 19.2. The summed E-state index contributed by atoms with van der Waals surface area (Å²) in [5.74, 6) is -2.35. The Morgan fingerprint density at radius 2 is 1.95 bits per heavy atom. The standard InChI is InChI=1S/C13H16F2N2O2/c1-8(10-3-4-11(14)12(15)7-10)17-13(19)5-6-16-9(2)18/h3-4,7-8H,5-6H2,1-2H3,(H,16,18)(H,17,19). The lowest BCUT2D eigenvalue weighted by Gasteiger charge is -2.14. The van der Waals surface area contributed by atoms with Crippen LogP contribution in [0.25, 0.3) is 0 Å². The molecular formula is C13H16F2N2O2. The first-order chi connectivity index (χ1) is 8.90. The Labute approximate surface area is 110 Å². The van der Waals surface area contributed by atoms with Gasteiger partial charge in [0.05, 0.1) is 6.04 Å². The van der Waals surface area contributed by atoms with Crippen molar-refractivity contribution >= 4 is 11.8 Å². The topological polar surface area (TPSA) is 58.2 Å². The van der Waals surface area contributed by atoms with Crippen LogP contribution in [0, 0.1) is 11.6 Å². The van der Waals surface area contributed by atoms with Crippen molar-refractivity contribution in [1.29, 1.82) is 0 Å². The number of hydrogen-bond acceptors (Lipinski definition) is 2. The van der Waals surface area contributed by atoms with Crippen molar-refractivity contribution in [3.8, 4) is 0 Å². The summed E-state index contributed by atoms with van der Waals surface area (Å²) in [6.45, 7) is 3.27. The van der Waals surface area contributed by atoms with Gasteiger partial charge in [-0.15, -0.1) is 0 Å². The molecule has 0 aliphatic heterocycles. The van der Waals surface area contributed by atoms with Crippen LogP contribution in [0.3, 0.4) is 0 Å². The molecule has 19 heavy (non-hydrogen) atoms. The van der Waals surface area contributed by atoms with Crippen LogP contribution in [-0.4, -0.2) is 18.4 Å². The van der Waals surface area contributed by atoms with Gasteiger partial charge in [0.25, 0.3) is 0 Å². The van der Waals surface area contributed by atoms with Crippen LogP contribution in [0.15, 0.2) is 18.2 Å². The first kappa shape index (κ1) is 15.1. The first-order valence-corrected chi connectivity index (χ1v) is 5.89. The molecule has 1 rings (SSSR count). The monoisotopic (exact) mass is 270 g/mol. The molecule has 0 aliphatic carbocycles. The summed E-state index contributed by atoms with van der Waals surface area (Å²) in [4.78, 5) is 22.1. The van der Waals surface area contributed by atoms with E-state index < -0.39 is 17.7 Å². The van der Waals surface area contributed by atoms with E-state index in [-0.39, 0.29) is 24.8 Å². The molecule has 2 amide bonds. The van der Waals surface area contributed by atoms with Crippen LogP contribution < -0.4 is 10.6 Å². The lowest BCUT2D eigenvalue weighted by molar-refractivity contribution is -0.122. The quantitative estimate of drug-likeness (QED) is 0.855. The maximum atomic E-state index is 13.0. The Morgan fingerprint density at radius 1 is 1.26 bits per heavy atom. The number of amides is 2. The average molecular weight is 270 g/mol. The molecule has 1 aromatic rings. The molecule has 1 aromatic carbocycles. The Hall–Kier alpha value is -1.98. The fourth-order valence-electron chi connectivity index (χ4n) is 1.53. The van der Waals surface area contributed by atoms with Crippen LogP contribution in [-0.2, 0) is 9.59 Å². The number of nitrogens with one attached hydrogen (secondary N) is 2. The molecule has 0 heterocycles. The maximum Gasteiger partial charge on any atom is 0.222 e. The number of carbonyl (C=O) groups excluding carboxylic acids is 2. The van der Waals surface area contributed by atoms with Crippen molar-refractivity contribution in [2.45, 2.75) is 26.3 Å². The summed E-state index contributed by atoms with van der Waals surface area (Å²) in [6.07, 6.45) is 0.133. The number of benzene rings is 1. The van der Waals surface area contributed by atoms with Crippen molar-refractivity contribution in [2.24, 2.45) is 0 Å². The van der Waals surface area contributed by atoms with Crippen LogP contribution in [0.2, 0.25) is 0 Å². The van der Waals surface area contributed by atoms with Gasteiger partial charge >= 0.3 is 0 Å². The molecule has 2 N–H and O–H groups in total. The fourth-order valence-corrected chi connectivity index (χ4v) is 1.53. The van der Waals surface area contributed by atoms with Crippen molar-refractivity contribution in [2.75, 3.05) is 6.54 Å². The number of carbonyl (C=O) groups is 2. The van der Waals surface area contributed by atoms with Gasteiger partial charge in [0.1, 0.15) is 0 Å². The minimum absolute atomic E-state index is 0.133. The van der Waals surface area contributed by atoms with E-state index in [2.05, 4.69) is 10.6 Å². The molecule has 0 fully saturated rings. The molecule has 0 saturated carbocycles. The smallest absolute Gasteiger partial charge is 0.222 e. The van der Waals surface area contributed by atoms with Gasteiger partial charge in [-0.25, -0.2) is 8.78 Å². The zero-order valence-corrected chi connectivity index (χ0v) is 10.8. The second-order valence-corrected chi connectivity index (χ2v) is 4.20. The lowest BCUT2D eigenvalue weighted by atomic mass is 10.1. The van der Waals surface area contributed by atoms with Gasteiger partial charge in [-0.3, -0.25) is 9.59 Å². The van der Waals surface area contributed by atoms with Crippen LogP contribution in [0.1, 0.15) is 31.9 Å². The van der Waals surface area contributed by atoms with Gasteiger partial charge in [0.15, 0.2) is 11.6 Å². The number of halogens is 2. The largest absolute Gasteiger partial charge is 0.356 e. The molecule has 4 nitrogen and oxygen atoms in total. The summed E-state index contributed by atoms with van der Waals surface area (Å²) in [6, 6.07) is 3.05. The molecule has 0 aromatic heterocycles. The van der Waals surface area contributed by atoms with E-state index in [1.54, 1.807) is 6.92 Å². The summed E-state index contributed by atoms with van der Waals surface area (Å²) in [5, 5.41) is 5.13. The maximum absolute atomic E-state index is 13.0. The predicted molar refractivity (Wildman–Crippen MR) is 66.2 cm³/mol. The minimum Gasteiger partial charge on any atom is -0.356 e. The third-order valence-corrected chi connectivity index (χ3v) is 2.55. The molecule has 6 heteroatoms. The normalized spacial score (nSPS) is 11.8. The van der Waals surface area contributed by atoms with Crippen LogP contribution >= 0.6 is 0 Å². The molecule has 0 radical (unpaired) electrons. The van der Waals surface area contributed by atoms with Gasteiger partial charge in [-0.2, -0.15) is 0 Å². The van der Waals surface area contributed by atoms with E-state index >= 15 is 0 Å². The van der Waals surface area contributed by atoms with Crippen molar-refractivity contribution < 1.29 is 18.4 Å². The number of hydrogen-bond donors (Lipinski definition) is 2. The second kappa shape index (κ2) is 6.82. The minimum atomic E-state index is -0.947. The third-order valence-electron chi connectivity index (χ3n) is 2.55. The summed E-state index contributed by atoms with van der Waals surface area (Å²) in [5.41, 5.74) is 0.478. The van der Waals surface area contributed by atoms with E-state index in [1.165, 1.54) is 13.0 Å². The van der Waals surface area contributed by atoms with Crippen molar-refractivity contribution in [1.82, 2.24) is 10.6 Å². The van der Waals surface area contributed by atoms with E-state index in [4.69, 9.17) is 0 Å². The second-order valence-electron chi connectivity index (χ2n) is 4.20. The summed E-state index contributed by atoms with van der Waals surface area (Å²) < 4.78 is 25.8. The van der Waals surface area contributed by atoms with Crippen molar-refractivity contribution in [3.05, 3.63) is 35.4 Å². The summed E-state index contributed by atoms with van der Waals surface area (Å²) in [7, 11) is 0. The highest BCUT2D eigenvalue weighted by molar-refractivity contribution is 5.78. The molecule has 1 atom stereocenters. The fraction of sp³-hybridized carbons (Fsp3) is 0.385. The van der Waals surface area contributed by atoms with Gasteiger partial charge in [-0.1, -0.05) is 6.07 Å². The summed E-state index contributed by atoms with van der Waals surface area (Å²) >= 11 is 0. The van der Waals surface area contributed by atoms with Gasteiger partial charge in [0, 0.05) is 19.9 Å². The first-order valence-electron chi connectivity index (χ1n) is 5.89. The van der Waals surface area contributed by atoms with E-state index in [1.807, 2.05) is 0 Å². The Bertz CT molecular complexity index is 478. The van der Waals surface area contributed by atoms with E-state index in [0.717, 1.165) is 12.1 Å². The van der Waals surface area contributed by atoms with Crippen LogP contribution in [0.5, 0.6) is 0 Å². The Kier molecular flexibility index (Phi) is 5.41.